The summed E-state index contributed by atoms with van der Waals surface area (Å²) in [7, 11) is 1.60. The van der Waals surface area contributed by atoms with E-state index in [9.17, 15) is 4.39 Å². The third kappa shape index (κ3) is 2.93. The van der Waals surface area contributed by atoms with Gasteiger partial charge in [-0.3, -0.25) is 0 Å². The van der Waals surface area contributed by atoms with Gasteiger partial charge in [0.1, 0.15) is 12.4 Å². The van der Waals surface area contributed by atoms with Gasteiger partial charge in [-0.05, 0) is 17.5 Å². The highest BCUT2D eigenvalue weighted by Crippen LogP contribution is 2.36. The van der Waals surface area contributed by atoms with Crippen molar-refractivity contribution >= 4 is 28.6 Å². The summed E-state index contributed by atoms with van der Waals surface area (Å²) in [5, 5.41) is 3.44. The summed E-state index contributed by atoms with van der Waals surface area (Å²) in [6, 6.07) is 6.38. The summed E-state index contributed by atoms with van der Waals surface area (Å²) < 4.78 is 18.9. The molecule has 1 aromatic carbocycles. The first kappa shape index (κ1) is 13.1. The molecule has 0 saturated carbocycles. The van der Waals surface area contributed by atoms with Gasteiger partial charge in [0.2, 0.25) is 0 Å². The van der Waals surface area contributed by atoms with Crippen LogP contribution in [0.25, 0.3) is 0 Å². The molecular weight excluding hydrogens is 275 g/mol. The molecule has 0 aliphatic carbocycles. The van der Waals surface area contributed by atoms with Crippen molar-refractivity contribution in [1.82, 2.24) is 0 Å². The minimum absolute atomic E-state index is 0.207. The second-order valence-electron chi connectivity index (χ2n) is 3.71. The van der Waals surface area contributed by atoms with Gasteiger partial charge in [-0.2, -0.15) is 0 Å². The zero-order valence-corrected chi connectivity index (χ0v) is 11.3. The number of nitrogens with zero attached hydrogens (tertiary/aromatic N) is 1. The van der Waals surface area contributed by atoms with Crippen LogP contribution in [0.1, 0.15) is 4.88 Å². The third-order valence-corrected chi connectivity index (χ3v) is 3.44. The fraction of sp³-hybridized carbons (Fsp3) is 0.167. The number of hydrazine groups is 1. The molecule has 2 N–H and O–H groups in total. The van der Waals surface area contributed by atoms with E-state index in [4.69, 9.17) is 22.2 Å². The zero-order valence-electron chi connectivity index (χ0n) is 9.69. The van der Waals surface area contributed by atoms with Gasteiger partial charge >= 0.3 is 0 Å². The maximum absolute atomic E-state index is 13.3. The van der Waals surface area contributed by atoms with E-state index in [1.165, 1.54) is 17.1 Å². The van der Waals surface area contributed by atoms with Gasteiger partial charge in [-0.1, -0.05) is 17.7 Å². The van der Waals surface area contributed by atoms with Gasteiger partial charge < -0.3 is 9.75 Å². The van der Waals surface area contributed by atoms with E-state index in [2.05, 4.69) is 0 Å². The Morgan fingerprint density at radius 3 is 2.89 bits per heavy atom. The van der Waals surface area contributed by atoms with E-state index in [0.717, 1.165) is 4.88 Å². The summed E-state index contributed by atoms with van der Waals surface area (Å²) in [5.74, 6) is 5.57. The summed E-state index contributed by atoms with van der Waals surface area (Å²) in [5.41, 5.74) is 0.413. The number of anilines is 1. The second kappa shape index (κ2) is 5.56. The molecule has 0 fully saturated rings. The van der Waals surface area contributed by atoms with Crippen LogP contribution in [-0.2, 0) is 6.61 Å². The molecule has 18 heavy (non-hydrogen) atoms. The summed E-state index contributed by atoms with van der Waals surface area (Å²) in [6.07, 6.45) is 0. The standard InChI is InChI=1S/C12H12ClFN2OS/c1-16(15)11-6-8(14)5-10(13)12(11)17-7-9-3-2-4-18-9/h2-6H,7,15H2,1H3. The topological polar surface area (TPSA) is 38.5 Å². The molecule has 0 aliphatic rings. The van der Waals surface area contributed by atoms with Crippen molar-refractivity contribution in [3.05, 3.63) is 45.4 Å². The lowest BCUT2D eigenvalue weighted by Crippen LogP contribution is -2.25. The molecule has 6 heteroatoms. The third-order valence-electron chi connectivity index (χ3n) is 2.31. The van der Waals surface area contributed by atoms with Crippen LogP contribution in [0, 0.1) is 5.82 Å². The van der Waals surface area contributed by atoms with Crippen LogP contribution in [-0.4, -0.2) is 7.05 Å². The predicted molar refractivity (Wildman–Crippen MR) is 72.7 cm³/mol. The highest BCUT2D eigenvalue weighted by molar-refractivity contribution is 7.09. The summed E-state index contributed by atoms with van der Waals surface area (Å²) >= 11 is 7.55. The molecule has 0 aliphatic heterocycles. The van der Waals surface area contributed by atoms with Gasteiger partial charge in [-0.25, -0.2) is 10.2 Å². The first-order valence-corrected chi connectivity index (χ1v) is 6.46. The van der Waals surface area contributed by atoms with Crippen LogP contribution < -0.4 is 15.6 Å². The van der Waals surface area contributed by atoms with Crippen molar-refractivity contribution in [1.29, 1.82) is 0 Å². The Labute approximate surface area is 114 Å². The Kier molecular flexibility index (Phi) is 4.06. The molecule has 0 unspecified atom stereocenters. The number of ether oxygens (including phenoxy) is 1. The summed E-state index contributed by atoms with van der Waals surface area (Å²) in [6.45, 7) is 0.379. The fourth-order valence-corrected chi connectivity index (χ4v) is 2.36. The average molecular weight is 287 g/mol. The Hall–Kier alpha value is -1.30. The molecule has 0 spiro atoms. The average Bonchev–Trinajstić information content (AvgIpc) is 2.79. The number of hydrogen-bond acceptors (Lipinski definition) is 4. The van der Waals surface area contributed by atoms with Crippen molar-refractivity contribution < 1.29 is 9.13 Å². The Bertz CT molecular complexity index is 531. The van der Waals surface area contributed by atoms with E-state index < -0.39 is 5.82 Å². The number of halogens is 2. The number of nitrogens with two attached hydrogens (primary N) is 1. The van der Waals surface area contributed by atoms with Crippen molar-refractivity contribution in [3.8, 4) is 5.75 Å². The monoisotopic (exact) mass is 286 g/mol. The maximum Gasteiger partial charge on any atom is 0.163 e. The molecule has 2 aromatic rings. The predicted octanol–water partition coefficient (Wildman–Crippen LogP) is 3.43. The smallest absolute Gasteiger partial charge is 0.163 e. The van der Waals surface area contributed by atoms with E-state index in [1.54, 1.807) is 18.4 Å². The Balaban J connectivity index is 2.25. The normalized spacial score (nSPS) is 10.4. The number of hydrogen-bond donors (Lipinski definition) is 1. The number of thiophene rings is 1. The van der Waals surface area contributed by atoms with Crippen LogP contribution in [0.4, 0.5) is 10.1 Å². The van der Waals surface area contributed by atoms with E-state index in [1.807, 2.05) is 17.5 Å². The van der Waals surface area contributed by atoms with Crippen molar-refractivity contribution in [2.24, 2.45) is 5.84 Å². The lowest BCUT2D eigenvalue weighted by atomic mass is 10.2. The van der Waals surface area contributed by atoms with Crippen LogP contribution in [0.15, 0.2) is 29.6 Å². The maximum atomic E-state index is 13.3. The number of rotatable bonds is 4. The molecule has 0 amide bonds. The second-order valence-corrected chi connectivity index (χ2v) is 5.15. The minimum Gasteiger partial charge on any atom is -0.484 e. The van der Waals surface area contributed by atoms with Crippen molar-refractivity contribution in [2.45, 2.75) is 6.61 Å². The minimum atomic E-state index is -0.448. The van der Waals surface area contributed by atoms with E-state index in [0.29, 0.717) is 18.0 Å². The van der Waals surface area contributed by atoms with Crippen molar-refractivity contribution in [3.63, 3.8) is 0 Å². The molecule has 96 valence electrons. The molecule has 0 saturated heterocycles. The van der Waals surface area contributed by atoms with Crippen LogP contribution in [0.5, 0.6) is 5.75 Å². The molecule has 0 bridgehead atoms. The Morgan fingerprint density at radius 2 is 2.28 bits per heavy atom. The molecule has 2 rings (SSSR count). The van der Waals surface area contributed by atoms with Crippen LogP contribution in [0.2, 0.25) is 5.02 Å². The molecule has 1 aromatic heterocycles. The largest absolute Gasteiger partial charge is 0.484 e. The molecule has 3 nitrogen and oxygen atoms in total. The van der Waals surface area contributed by atoms with Gasteiger partial charge in [0.05, 0.1) is 10.7 Å². The van der Waals surface area contributed by atoms with Crippen molar-refractivity contribution in [2.75, 3.05) is 12.1 Å². The molecule has 0 radical (unpaired) electrons. The quantitative estimate of drug-likeness (QED) is 0.691. The lowest BCUT2D eigenvalue weighted by molar-refractivity contribution is 0.310. The van der Waals surface area contributed by atoms with Crippen LogP contribution in [0.3, 0.4) is 0 Å². The molecular formula is C12H12ClFN2OS. The van der Waals surface area contributed by atoms with Gasteiger partial charge in [0.15, 0.2) is 5.75 Å². The summed E-state index contributed by atoms with van der Waals surface area (Å²) in [4.78, 5) is 1.06. The van der Waals surface area contributed by atoms with E-state index in [-0.39, 0.29) is 5.02 Å². The SMILES string of the molecule is CN(N)c1cc(F)cc(Cl)c1OCc1cccs1. The highest BCUT2D eigenvalue weighted by atomic mass is 35.5. The molecule has 1 heterocycles. The highest BCUT2D eigenvalue weighted by Gasteiger charge is 2.13. The first-order chi connectivity index (χ1) is 8.58. The van der Waals surface area contributed by atoms with E-state index >= 15 is 0 Å². The lowest BCUT2D eigenvalue weighted by Gasteiger charge is -2.18. The Morgan fingerprint density at radius 1 is 1.50 bits per heavy atom. The van der Waals surface area contributed by atoms with Crippen LogP contribution >= 0.6 is 22.9 Å². The number of benzene rings is 1. The fourth-order valence-electron chi connectivity index (χ4n) is 1.49. The van der Waals surface area contributed by atoms with Gasteiger partial charge in [0.25, 0.3) is 0 Å². The zero-order chi connectivity index (χ0) is 13.1. The van der Waals surface area contributed by atoms with Gasteiger partial charge in [-0.15, -0.1) is 11.3 Å². The van der Waals surface area contributed by atoms with Gasteiger partial charge in [0, 0.05) is 18.0 Å². The molecule has 0 atom stereocenters. The first-order valence-electron chi connectivity index (χ1n) is 5.20.